The van der Waals surface area contributed by atoms with Crippen LogP contribution >= 0.6 is 0 Å². The highest BCUT2D eigenvalue weighted by Gasteiger charge is 2.37. The van der Waals surface area contributed by atoms with Crippen LogP contribution in [0.5, 0.6) is 0 Å². The number of methoxy groups -OCH3 is 1. The molecule has 9 heteroatoms. The number of esters is 1. The SMILES string of the molecule is COC(=O)C1=CCC2C(=C1)NC(=O)/C2=C(\Nc1ccc(N(C)C(=O)CN2CCN(C)CC2)cc1)c1ccccc1. The van der Waals surface area contributed by atoms with Gasteiger partial charge in [0.1, 0.15) is 0 Å². The third-order valence-corrected chi connectivity index (χ3v) is 7.72. The molecule has 1 unspecified atom stereocenters. The Morgan fingerprint density at radius 2 is 1.75 bits per heavy atom. The van der Waals surface area contributed by atoms with Crippen molar-refractivity contribution in [3.05, 3.63) is 89.2 Å². The fraction of sp³-hybridized carbons (Fsp3) is 0.323. The van der Waals surface area contributed by atoms with E-state index in [1.54, 1.807) is 18.0 Å². The predicted octanol–water partition coefficient (Wildman–Crippen LogP) is 2.85. The number of hydrogen-bond donors (Lipinski definition) is 2. The topological polar surface area (TPSA) is 94.2 Å². The first-order valence-electron chi connectivity index (χ1n) is 13.5. The van der Waals surface area contributed by atoms with Gasteiger partial charge in [-0.2, -0.15) is 0 Å². The van der Waals surface area contributed by atoms with E-state index in [1.165, 1.54) is 7.11 Å². The Morgan fingerprint density at radius 1 is 1.05 bits per heavy atom. The van der Waals surface area contributed by atoms with Crippen LogP contribution in [-0.2, 0) is 19.1 Å². The van der Waals surface area contributed by atoms with Gasteiger partial charge in [-0.25, -0.2) is 4.79 Å². The van der Waals surface area contributed by atoms with Crippen molar-refractivity contribution >= 4 is 34.9 Å². The monoisotopic (exact) mass is 541 g/mol. The molecule has 2 saturated heterocycles. The third kappa shape index (κ3) is 5.85. The third-order valence-electron chi connectivity index (χ3n) is 7.72. The van der Waals surface area contributed by atoms with Gasteiger partial charge in [-0.05, 0) is 49.4 Å². The number of fused-ring (bicyclic) bond motifs is 1. The first-order chi connectivity index (χ1) is 19.3. The van der Waals surface area contributed by atoms with Crippen LogP contribution in [0.1, 0.15) is 12.0 Å². The first-order valence-corrected chi connectivity index (χ1v) is 13.5. The molecule has 2 amide bonds. The number of likely N-dealkylation sites (N-methyl/N-ethyl adjacent to an activating group) is 2. The standard InChI is InChI=1S/C31H35N5O4/c1-34-15-17-36(18-16-34)20-27(37)35(2)24-12-10-23(11-13-24)32-29(21-7-5-4-6-8-21)28-25-14-9-22(31(39)40-3)19-26(25)33-30(28)38/h4-13,19,25,32H,14-18,20H2,1-3H3,(H,33,38)/b29-28-. The minimum atomic E-state index is -0.425. The van der Waals surface area contributed by atoms with Crippen LogP contribution in [0.2, 0.25) is 0 Å². The number of piperazine rings is 1. The van der Waals surface area contributed by atoms with E-state index in [4.69, 9.17) is 4.74 Å². The van der Waals surface area contributed by atoms with Gasteiger partial charge in [0.2, 0.25) is 5.91 Å². The van der Waals surface area contributed by atoms with Crippen LogP contribution in [0.3, 0.4) is 0 Å². The number of rotatable bonds is 7. The number of nitrogens with zero attached hydrogens (tertiary/aromatic N) is 3. The maximum Gasteiger partial charge on any atom is 0.337 e. The highest BCUT2D eigenvalue weighted by atomic mass is 16.5. The number of benzene rings is 2. The lowest BCUT2D eigenvalue weighted by atomic mass is 9.87. The van der Waals surface area contributed by atoms with E-state index >= 15 is 0 Å². The molecular weight excluding hydrogens is 506 g/mol. The number of anilines is 2. The lowest BCUT2D eigenvalue weighted by Crippen LogP contribution is -2.48. The first kappa shape index (κ1) is 27.4. The molecule has 208 valence electrons. The average Bonchev–Trinajstić information content (AvgIpc) is 3.31. The smallest absolute Gasteiger partial charge is 0.337 e. The van der Waals surface area contributed by atoms with Crippen molar-refractivity contribution in [1.29, 1.82) is 0 Å². The number of amides is 2. The fourth-order valence-corrected chi connectivity index (χ4v) is 5.26. The van der Waals surface area contributed by atoms with Crippen molar-refractivity contribution in [1.82, 2.24) is 15.1 Å². The summed E-state index contributed by atoms with van der Waals surface area (Å²) in [5.74, 6) is -0.781. The molecule has 9 nitrogen and oxygen atoms in total. The van der Waals surface area contributed by atoms with Crippen molar-refractivity contribution in [2.45, 2.75) is 6.42 Å². The zero-order valence-electron chi connectivity index (χ0n) is 23.1. The molecule has 2 aromatic carbocycles. The molecule has 2 aromatic rings. The van der Waals surface area contributed by atoms with E-state index in [0.717, 1.165) is 43.1 Å². The van der Waals surface area contributed by atoms with Crippen LogP contribution in [0.15, 0.2) is 83.6 Å². The zero-order chi connectivity index (χ0) is 28.2. The van der Waals surface area contributed by atoms with Crippen LogP contribution < -0.4 is 15.5 Å². The Hall–Kier alpha value is -4.21. The summed E-state index contributed by atoms with van der Waals surface area (Å²) in [6, 6.07) is 17.4. The molecule has 5 rings (SSSR count). The second-order valence-corrected chi connectivity index (χ2v) is 10.4. The van der Waals surface area contributed by atoms with Gasteiger partial charge in [-0.15, -0.1) is 0 Å². The Kier molecular flexibility index (Phi) is 8.14. The lowest BCUT2D eigenvalue weighted by Gasteiger charge is -2.32. The van der Waals surface area contributed by atoms with Gasteiger partial charge in [0, 0.05) is 56.2 Å². The molecule has 2 fully saturated rings. The summed E-state index contributed by atoms with van der Waals surface area (Å²) in [7, 11) is 5.24. The van der Waals surface area contributed by atoms with Crippen LogP contribution in [0, 0.1) is 5.92 Å². The van der Waals surface area contributed by atoms with Crippen LogP contribution in [0.25, 0.3) is 5.70 Å². The largest absolute Gasteiger partial charge is 0.465 e. The lowest BCUT2D eigenvalue weighted by molar-refractivity contribution is -0.135. The summed E-state index contributed by atoms with van der Waals surface area (Å²) in [6.07, 6.45) is 4.01. The molecule has 2 heterocycles. The Labute approximate surface area is 234 Å². The van der Waals surface area contributed by atoms with Gasteiger partial charge in [-0.3, -0.25) is 14.5 Å². The summed E-state index contributed by atoms with van der Waals surface area (Å²) >= 11 is 0. The quantitative estimate of drug-likeness (QED) is 0.411. The van der Waals surface area contributed by atoms with E-state index in [9.17, 15) is 14.4 Å². The fourth-order valence-electron chi connectivity index (χ4n) is 5.26. The van der Waals surface area contributed by atoms with Gasteiger partial charge in [0.15, 0.2) is 0 Å². The molecule has 0 bridgehead atoms. The molecule has 3 aliphatic rings. The summed E-state index contributed by atoms with van der Waals surface area (Å²) in [5.41, 5.74) is 4.91. The Morgan fingerprint density at radius 3 is 2.42 bits per heavy atom. The van der Waals surface area contributed by atoms with E-state index in [0.29, 0.717) is 35.5 Å². The average molecular weight is 542 g/mol. The molecule has 2 N–H and O–H groups in total. The molecule has 1 aliphatic carbocycles. The maximum atomic E-state index is 13.3. The maximum absolute atomic E-state index is 13.3. The van der Waals surface area contributed by atoms with Crippen molar-refractivity contribution in [3.8, 4) is 0 Å². The van der Waals surface area contributed by atoms with Crippen LogP contribution in [0.4, 0.5) is 11.4 Å². The Balaban J connectivity index is 1.36. The highest BCUT2D eigenvalue weighted by Crippen LogP contribution is 2.38. The Bertz CT molecular complexity index is 1370. The summed E-state index contributed by atoms with van der Waals surface area (Å²) in [4.78, 5) is 44.4. The molecule has 0 aromatic heterocycles. The number of ether oxygens (including phenoxy) is 1. The van der Waals surface area contributed by atoms with Crippen molar-refractivity contribution in [2.75, 3.05) is 64.1 Å². The van der Waals surface area contributed by atoms with Gasteiger partial charge in [0.25, 0.3) is 5.91 Å². The summed E-state index contributed by atoms with van der Waals surface area (Å²) in [5, 5.41) is 6.42. The van der Waals surface area contributed by atoms with Gasteiger partial charge < -0.3 is 25.2 Å². The molecule has 0 saturated carbocycles. The van der Waals surface area contributed by atoms with Crippen molar-refractivity contribution in [3.63, 3.8) is 0 Å². The molecule has 1 atom stereocenters. The predicted molar refractivity (Wildman–Crippen MR) is 155 cm³/mol. The van der Waals surface area contributed by atoms with Crippen molar-refractivity contribution < 1.29 is 19.1 Å². The highest BCUT2D eigenvalue weighted by molar-refractivity contribution is 6.08. The molecule has 0 spiro atoms. The van der Waals surface area contributed by atoms with Gasteiger partial charge in [0.05, 0.1) is 30.5 Å². The van der Waals surface area contributed by atoms with E-state index < -0.39 is 5.97 Å². The van der Waals surface area contributed by atoms with Crippen molar-refractivity contribution in [2.24, 2.45) is 5.92 Å². The molecule has 40 heavy (non-hydrogen) atoms. The number of hydrogen-bond acceptors (Lipinski definition) is 7. The second-order valence-electron chi connectivity index (χ2n) is 10.4. The minimum Gasteiger partial charge on any atom is -0.465 e. The number of carbonyl (C=O) groups excluding carboxylic acids is 3. The number of carbonyl (C=O) groups is 3. The number of nitrogens with one attached hydrogen (secondary N) is 2. The second kappa shape index (κ2) is 11.9. The summed E-state index contributed by atoms with van der Waals surface area (Å²) in [6.45, 7) is 4.11. The van der Waals surface area contributed by atoms with Gasteiger partial charge >= 0.3 is 5.97 Å². The van der Waals surface area contributed by atoms with E-state index in [-0.39, 0.29) is 17.7 Å². The van der Waals surface area contributed by atoms with E-state index in [2.05, 4.69) is 27.5 Å². The van der Waals surface area contributed by atoms with E-state index in [1.807, 2.05) is 60.7 Å². The van der Waals surface area contributed by atoms with Gasteiger partial charge in [-0.1, -0.05) is 36.4 Å². The molecule has 0 radical (unpaired) electrons. The number of allylic oxidation sites excluding steroid dienone is 2. The van der Waals surface area contributed by atoms with Crippen LogP contribution in [-0.4, -0.2) is 81.5 Å². The molecule has 2 aliphatic heterocycles. The molecular formula is C31H35N5O4. The minimum absolute atomic E-state index is 0.0518. The summed E-state index contributed by atoms with van der Waals surface area (Å²) < 4.78 is 4.85. The zero-order valence-corrected chi connectivity index (χ0v) is 23.1. The normalized spacial score (nSPS) is 20.6.